The molecule has 1 aliphatic carbocycles. The number of hydrogen-bond acceptors (Lipinski definition) is 2. The SMILES string of the molecule is CCC(C)C(=O)CCCC(=O)NC1CCCCC1. The molecule has 3 nitrogen and oxygen atoms in total. The van der Waals surface area contributed by atoms with E-state index in [9.17, 15) is 9.59 Å². The summed E-state index contributed by atoms with van der Waals surface area (Å²) in [4.78, 5) is 23.3. The molecule has 104 valence electrons. The topological polar surface area (TPSA) is 46.2 Å². The third-order valence-corrected chi connectivity index (χ3v) is 3.96. The van der Waals surface area contributed by atoms with E-state index in [4.69, 9.17) is 0 Å². The molecule has 0 heterocycles. The number of Topliss-reactive ketones (excluding diaryl/α,β-unsaturated/α-hetero) is 1. The van der Waals surface area contributed by atoms with Crippen LogP contribution in [0.2, 0.25) is 0 Å². The van der Waals surface area contributed by atoms with Crippen LogP contribution >= 0.6 is 0 Å². The maximum Gasteiger partial charge on any atom is 0.220 e. The molecule has 0 radical (unpaired) electrons. The first-order valence-corrected chi connectivity index (χ1v) is 7.45. The van der Waals surface area contributed by atoms with Crippen LogP contribution in [0.4, 0.5) is 0 Å². The van der Waals surface area contributed by atoms with Crippen molar-refractivity contribution in [1.82, 2.24) is 5.32 Å². The minimum absolute atomic E-state index is 0.124. The van der Waals surface area contributed by atoms with Crippen LogP contribution in [-0.2, 0) is 9.59 Å². The predicted molar refractivity (Wildman–Crippen MR) is 73.3 cm³/mol. The number of carbonyl (C=O) groups is 2. The second-order valence-electron chi connectivity index (χ2n) is 5.53. The maximum absolute atomic E-state index is 11.7. The number of rotatable bonds is 7. The normalized spacial score (nSPS) is 18.3. The largest absolute Gasteiger partial charge is 0.353 e. The first kappa shape index (κ1) is 15.2. The van der Waals surface area contributed by atoms with E-state index in [0.29, 0.717) is 31.1 Å². The fourth-order valence-electron chi connectivity index (χ4n) is 2.44. The molecular weight excluding hydrogens is 226 g/mol. The summed E-state index contributed by atoms with van der Waals surface area (Å²) >= 11 is 0. The van der Waals surface area contributed by atoms with Gasteiger partial charge in [0.05, 0.1) is 0 Å². The second-order valence-corrected chi connectivity index (χ2v) is 5.53. The van der Waals surface area contributed by atoms with Gasteiger partial charge in [0.15, 0.2) is 0 Å². The Morgan fingerprint density at radius 3 is 2.44 bits per heavy atom. The standard InChI is InChI=1S/C15H27NO2/c1-3-12(2)14(17)10-7-11-15(18)16-13-8-5-4-6-9-13/h12-13H,3-11H2,1-2H3,(H,16,18). The molecule has 0 bridgehead atoms. The average molecular weight is 253 g/mol. The zero-order valence-electron chi connectivity index (χ0n) is 11.8. The summed E-state index contributed by atoms with van der Waals surface area (Å²) in [5.41, 5.74) is 0. The Hall–Kier alpha value is -0.860. The van der Waals surface area contributed by atoms with Crippen LogP contribution in [0.5, 0.6) is 0 Å². The van der Waals surface area contributed by atoms with Crippen LogP contribution in [0.3, 0.4) is 0 Å². The van der Waals surface area contributed by atoms with Gasteiger partial charge in [-0.15, -0.1) is 0 Å². The van der Waals surface area contributed by atoms with Gasteiger partial charge in [0, 0.05) is 24.8 Å². The molecule has 1 amide bonds. The van der Waals surface area contributed by atoms with E-state index in [1.807, 2.05) is 13.8 Å². The number of nitrogens with one attached hydrogen (secondary N) is 1. The zero-order chi connectivity index (χ0) is 13.4. The van der Waals surface area contributed by atoms with Crippen molar-refractivity contribution in [2.75, 3.05) is 0 Å². The van der Waals surface area contributed by atoms with E-state index in [2.05, 4.69) is 5.32 Å². The molecule has 1 atom stereocenters. The Kier molecular flexibility index (Phi) is 6.99. The van der Waals surface area contributed by atoms with Crippen molar-refractivity contribution in [3.63, 3.8) is 0 Å². The van der Waals surface area contributed by atoms with Crippen LogP contribution < -0.4 is 5.32 Å². The first-order chi connectivity index (χ1) is 8.63. The minimum Gasteiger partial charge on any atom is -0.353 e. The Labute approximate surface area is 111 Å². The molecular formula is C15H27NO2. The molecule has 1 N–H and O–H groups in total. The van der Waals surface area contributed by atoms with Crippen molar-refractivity contribution in [2.24, 2.45) is 5.92 Å². The summed E-state index contributed by atoms with van der Waals surface area (Å²) in [5.74, 6) is 0.563. The van der Waals surface area contributed by atoms with E-state index in [-0.39, 0.29) is 11.8 Å². The summed E-state index contributed by atoms with van der Waals surface area (Å²) in [6.45, 7) is 3.99. The van der Waals surface area contributed by atoms with Gasteiger partial charge in [-0.25, -0.2) is 0 Å². The highest BCUT2D eigenvalue weighted by Gasteiger charge is 2.16. The summed E-state index contributed by atoms with van der Waals surface area (Å²) in [6, 6.07) is 0.386. The summed E-state index contributed by atoms with van der Waals surface area (Å²) in [6.07, 6.45) is 8.65. The number of carbonyl (C=O) groups excluding carboxylic acids is 2. The van der Waals surface area contributed by atoms with E-state index in [1.165, 1.54) is 19.3 Å². The van der Waals surface area contributed by atoms with E-state index in [1.54, 1.807) is 0 Å². The molecule has 1 unspecified atom stereocenters. The molecule has 0 saturated heterocycles. The molecule has 0 aromatic heterocycles. The van der Waals surface area contributed by atoms with E-state index < -0.39 is 0 Å². The third-order valence-electron chi connectivity index (χ3n) is 3.96. The lowest BCUT2D eigenvalue weighted by atomic mass is 9.95. The molecule has 1 fully saturated rings. The van der Waals surface area contributed by atoms with Crippen LogP contribution in [-0.4, -0.2) is 17.7 Å². The highest BCUT2D eigenvalue weighted by Crippen LogP contribution is 2.17. The fourth-order valence-corrected chi connectivity index (χ4v) is 2.44. The molecule has 0 aliphatic heterocycles. The Morgan fingerprint density at radius 2 is 1.83 bits per heavy atom. The van der Waals surface area contributed by atoms with Crippen LogP contribution in [0.25, 0.3) is 0 Å². The van der Waals surface area contributed by atoms with Gasteiger partial charge >= 0.3 is 0 Å². The van der Waals surface area contributed by atoms with Crippen LogP contribution in [0.15, 0.2) is 0 Å². The monoisotopic (exact) mass is 253 g/mol. The van der Waals surface area contributed by atoms with Crippen LogP contribution in [0, 0.1) is 5.92 Å². The first-order valence-electron chi connectivity index (χ1n) is 7.45. The Balaban J connectivity index is 2.11. The van der Waals surface area contributed by atoms with Gasteiger partial charge in [-0.05, 0) is 25.7 Å². The van der Waals surface area contributed by atoms with Gasteiger partial charge in [-0.1, -0.05) is 33.1 Å². The molecule has 1 aliphatic rings. The van der Waals surface area contributed by atoms with Crippen molar-refractivity contribution >= 4 is 11.7 Å². The number of ketones is 1. The molecule has 0 spiro atoms. The van der Waals surface area contributed by atoms with Crippen molar-refractivity contribution in [3.05, 3.63) is 0 Å². The van der Waals surface area contributed by atoms with Gasteiger partial charge < -0.3 is 5.32 Å². The molecule has 3 heteroatoms. The van der Waals surface area contributed by atoms with Crippen molar-refractivity contribution in [3.8, 4) is 0 Å². The molecule has 1 rings (SSSR count). The highest BCUT2D eigenvalue weighted by atomic mass is 16.1. The third kappa shape index (κ3) is 5.65. The van der Waals surface area contributed by atoms with Gasteiger partial charge in [-0.3, -0.25) is 9.59 Å². The van der Waals surface area contributed by atoms with Crippen molar-refractivity contribution < 1.29 is 9.59 Å². The predicted octanol–water partition coefficient (Wildman–Crippen LogP) is 3.22. The number of hydrogen-bond donors (Lipinski definition) is 1. The molecule has 1 saturated carbocycles. The van der Waals surface area contributed by atoms with Gasteiger partial charge in [0.1, 0.15) is 5.78 Å². The van der Waals surface area contributed by atoms with Gasteiger partial charge in [-0.2, -0.15) is 0 Å². The maximum atomic E-state index is 11.7. The summed E-state index contributed by atoms with van der Waals surface area (Å²) in [5, 5.41) is 3.09. The smallest absolute Gasteiger partial charge is 0.220 e. The van der Waals surface area contributed by atoms with Gasteiger partial charge in [0.25, 0.3) is 0 Å². The molecule has 0 aromatic rings. The lowest BCUT2D eigenvalue weighted by Gasteiger charge is -2.22. The van der Waals surface area contributed by atoms with Crippen molar-refractivity contribution in [1.29, 1.82) is 0 Å². The average Bonchev–Trinajstić information content (AvgIpc) is 2.38. The van der Waals surface area contributed by atoms with Crippen LogP contribution in [0.1, 0.15) is 71.6 Å². The number of amides is 1. The molecule has 18 heavy (non-hydrogen) atoms. The lowest BCUT2D eigenvalue weighted by Crippen LogP contribution is -2.36. The highest BCUT2D eigenvalue weighted by molar-refractivity contribution is 5.81. The quantitative estimate of drug-likeness (QED) is 0.757. The van der Waals surface area contributed by atoms with E-state index >= 15 is 0 Å². The van der Waals surface area contributed by atoms with Crippen molar-refractivity contribution in [2.45, 2.75) is 77.7 Å². The Morgan fingerprint density at radius 1 is 1.17 bits per heavy atom. The Bertz CT molecular complexity index is 270. The van der Waals surface area contributed by atoms with E-state index in [0.717, 1.165) is 19.3 Å². The fraction of sp³-hybridized carbons (Fsp3) is 0.867. The van der Waals surface area contributed by atoms with Gasteiger partial charge in [0.2, 0.25) is 5.91 Å². The zero-order valence-corrected chi connectivity index (χ0v) is 11.8. The summed E-state index contributed by atoms with van der Waals surface area (Å²) < 4.78 is 0. The second kappa shape index (κ2) is 8.28. The lowest BCUT2D eigenvalue weighted by molar-refractivity contribution is -0.123. The summed E-state index contributed by atoms with van der Waals surface area (Å²) in [7, 11) is 0. The minimum atomic E-state index is 0.124. The molecule has 0 aromatic carbocycles.